The summed E-state index contributed by atoms with van der Waals surface area (Å²) < 4.78 is 7.14. The third-order valence-corrected chi connectivity index (χ3v) is 8.69. The number of morpholine rings is 1. The number of hydrogen-bond acceptors (Lipinski definition) is 6. The minimum atomic E-state index is -0.0774. The molecule has 1 aromatic carbocycles. The van der Waals surface area contributed by atoms with Gasteiger partial charge < -0.3 is 10.1 Å². The molecular formula is C26H26ClN3O3S. The fourth-order valence-electron chi connectivity index (χ4n) is 5.33. The molecule has 0 bridgehead atoms. The van der Waals surface area contributed by atoms with Gasteiger partial charge >= 0.3 is 0 Å². The highest BCUT2D eigenvalue weighted by Crippen LogP contribution is 2.48. The topological polar surface area (TPSA) is 71.5 Å². The number of rotatable bonds is 5. The zero-order valence-corrected chi connectivity index (χ0v) is 20.7. The predicted molar refractivity (Wildman–Crippen MR) is 133 cm³/mol. The van der Waals surface area contributed by atoms with Gasteiger partial charge in [0.15, 0.2) is 0 Å². The van der Waals surface area contributed by atoms with Crippen molar-refractivity contribution in [3.05, 3.63) is 51.5 Å². The van der Waals surface area contributed by atoms with Gasteiger partial charge in [-0.3, -0.25) is 19.5 Å². The van der Waals surface area contributed by atoms with Gasteiger partial charge in [-0.05, 0) is 61.2 Å². The molecule has 2 aromatic heterocycles. The molecule has 8 heteroatoms. The van der Waals surface area contributed by atoms with Crippen molar-refractivity contribution in [2.24, 2.45) is 11.8 Å². The second-order valence-electron chi connectivity index (χ2n) is 9.60. The number of carbonyl (C=O) groups is 2. The predicted octanol–water partition coefficient (Wildman–Crippen LogP) is 4.35. The quantitative estimate of drug-likeness (QED) is 0.533. The highest BCUT2D eigenvalue weighted by atomic mass is 35.5. The smallest absolute Gasteiger partial charge is 0.233 e. The molecule has 0 radical (unpaired) electrons. The van der Waals surface area contributed by atoms with Gasteiger partial charge in [-0.15, -0.1) is 11.3 Å². The van der Waals surface area contributed by atoms with E-state index in [4.69, 9.17) is 16.3 Å². The summed E-state index contributed by atoms with van der Waals surface area (Å²) in [5.41, 5.74) is 5.38. The number of nitrogens with one attached hydrogen (secondary N) is 1. The van der Waals surface area contributed by atoms with E-state index in [0.29, 0.717) is 18.2 Å². The van der Waals surface area contributed by atoms with Crippen LogP contribution in [0.5, 0.6) is 0 Å². The van der Waals surface area contributed by atoms with Crippen LogP contribution in [0.4, 0.5) is 0 Å². The highest BCUT2D eigenvalue weighted by molar-refractivity contribution is 7.19. The Morgan fingerprint density at radius 3 is 2.76 bits per heavy atom. The molecule has 4 heterocycles. The van der Waals surface area contributed by atoms with E-state index in [0.717, 1.165) is 51.2 Å². The Kier molecular flexibility index (Phi) is 5.48. The molecule has 2 amide bonds. The number of benzene rings is 1. The second kappa shape index (κ2) is 8.41. The van der Waals surface area contributed by atoms with Crippen molar-refractivity contribution in [2.75, 3.05) is 13.2 Å². The average Bonchev–Trinajstić information content (AvgIpc) is 3.45. The molecule has 6 nitrogen and oxygen atoms in total. The number of likely N-dealkylation sites (tertiary alicyclic amines) is 1. The standard InChI is InChI=1S/C26H26ClN3O3S/c1-13-7-15(27)8-19(18(13)11-23-14(2)28-5-6-33-23)17-3-4-29-22-9-16(34-24(17)22)12-30-25(31)20-10-21(20)26(30)32/h3-4,7-9,14,20-21,23,28H,5-6,10-12H2,1-2H3/t14-,20?,21?,23-/m1/s1. The molecule has 0 spiro atoms. The number of nitrogens with zero attached hydrogens (tertiary/aromatic N) is 2. The Bertz CT molecular complexity index is 1300. The number of aryl methyl sites for hydroxylation is 1. The van der Waals surface area contributed by atoms with Crippen molar-refractivity contribution in [3.8, 4) is 11.1 Å². The number of halogens is 1. The number of carbonyl (C=O) groups excluding carboxylic acids is 2. The van der Waals surface area contributed by atoms with Crippen LogP contribution in [0.3, 0.4) is 0 Å². The fourth-order valence-corrected chi connectivity index (χ4v) is 6.74. The molecule has 4 atom stereocenters. The van der Waals surface area contributed by atoms with Gasteiger partial charge in [0.25, 0.3) is 0 Å². The van der Waals surface area contributed by atoms with Crippen LogP contribution in [0, 0.1) is 18.8 Å². The van der Waals surface area contributed by atoms with E-state index in [1.165, 1.54) is 10.5 Å². The molecule has 1 N–H and O–H groups in total. The van der Waals surface area contributed by atoms with Crippen LogP contribution < -0.4 is 5.32 Å². The number of hydrogen-bond donors (Lipinski definition) is 1. The van der Waals surface area contributed by atoms with Crippen LogP contribution in [0.2, 0.25) is 5.02 Å². The van der Waals surface area contributed by atoms with Crippen LogP contribution in [0.25, 0.3) is 21.3 Å². The molecule has 176 valence electrons. The van der Waals surface area contributed by atoms with Crippen LogP contribution in [-0.4, -0.2) is 47.0 Å². The van der Waals surface area contributed by atoms with Crippen LogP contribution >= 0.6 is 22.9 Å². The molecule has 2 unspecified atom stereocenters. The van der Waals surface area contributed by atoms with Crippen molar-refractivity contribution in [3.63, 3.8) is 0 Å². The molecular weight excluding hydrogens is 470 g/mol. The number of amides is 2. The monoisotopic (exact) mass is 495 g/mol. The second-order valence-corrected chi connectivity index (χ2v) is 11.2. The van der Waals surface area contributed by atoms with Crippen molar-refractivity contribution < 1.29 is 14.3 Å². The Labute approximate surface area is 207 Å². The van der Waals surface area contributed by atoms with Gasteiger partial charge in [0.05, 0.1) is 41.3 Å². The van der Waals surface area contributed by atoms with E-state index >= 15 is 0 Å². The molecule has 1 saturated carbocycles. The maximum atomic E-state index is 12.5. The summed E-state index contributed by atoms with van der Waals surface area (Å²) in [7, 11) is 0. The number of fused-ring (bicyclic) bond motifs is 2. The van der Waals surface area contributed by atoms with Crippen LogP contribution in [0.1, 0.15) is 29.3 Å². The van der Waals surface area contributed by atoms with E-state index in [-0.39, 0.29) is 35.8 Å². The molecule has 3 aromatic rings. The normalized spacial score (nSPS) is 26.4. The summed E-state index contributed by atoms with van der Waals surface area (Å²) in [4.78, 5) is 31.9. The van der Waals surface area contributed by atoms with E-state index in [9.17, 15) is 9.59 Å². The minimum absolute atomic E-state index is 0.0244. The van der Waals surface area contributed by atoms with Crippen LogP contribution in [-0.2, 0) is 27.3 Å². The van der Waals surface area contributed by atoms with Crippen molar-refractivity contribution in [1.29, 1.82) is 0 Å². The fraction of sp³-hybridized carbons (Fsp3) is 0.423. The number of piperidine rings is 1. The van der Waals surface area contributed by atoms with Gasteiger partial charge in [-0.1, -0.05) is 11.6 Å². The SMILES string of the molecule is Cc1cc(Cl)cc(-c2ccnc3cc(CN4C(=O)C5CC5C4=O)sc23)c1C[C@H]1OCCN[C@@H]1C. The van der Waals surface area contributed by atoms with Gasteiger partial charge in [-0.25, -0.2) is 0 Å². The zero-order chi connectivity index (χ0) is 23.6. The number of thiophene rings is 1. The highest BCUT2D eigenvalue weighted by Gasteiger charge is 2.58. The molecule has 2 aliphatic heterocycles. The molecule has 2 saturated heterocycles. The molecule has 6 rings (SSSR count). The summed E-state index contributed by atoms with van der Waals surface area (Å²) in [5, 5.41) is 4.20. The largest absolute Gasteiger partial charge is 0.375 e. The zero-order valence-electron chi connectivity index (χ0n) is 19.1. The van der Waals surface area contributed by atoms with Gasteiger partial charge in [0.1, 0.15) is 0 Å². The van der Waals surface area contributed by atoms with E-state index in [1.54, 1.807) is 11.3 Å². The molecule has 34 heavy (non-hydrogen) atoms. The number of ether oxygens (including phenoxy) is 1. The van der Waals surface area contributed by atoms with E-state index < -0.39 is 0 Å². The first-order valence-corrected chi connectivity index (χ1v) is 13.0. The number of imide groups is 1. The Morgan fingerprint density at radius 1 is 1.21 bits per heavy atom. The van der Waals surface area contributed by atoms with Crippen molar-refractivity contribution >= 4 is 45.0 Å². The van der Waals surface area contributed by atoms with Crippen molar-refractivity contribution in [1.82, 2.24) is 15.2 Å². The summed E-state index contributed by atoms with van der Waals surface area (Å²) in [6, 6.07) is 8.34. The van der Waals surface area contributed by atoms with Crippen LogP contribution in [0.15, 0.2) is 30.5 Å². The summed E-state index contributed by atoms with van der Waals surface area (Å²) in [5.74, 6) is -0.204. The molecule has 1 aliphatic carbocycles. The Balaban J connectivity index is 1.38. The third-order valence-electron chi connectivity index (χ3n) is 7.33. The van der Waals surface area contributed by atoms with Gasteiger partial charge in [0.2, 0.25) is 11.8 Å². The summed E-state index contributed by atoms with van der Waals surface area (Å²) in [6.45, 7) is 6.16. The summed E-state index contributed by atoms with van der Waals surface area (Å²) >= 11 is 8.12. The lowest BCUT2D eigenvalue weighted by Crippen LogP contribution is -2.47. The third kappa shape index (κ3) is 3.75. The number of aromatic nitrogens is 1. The Morgan fingerprint density at radius 2 is 2.00 bits per heavy atom. The lowest BCUT2D eigenvalue weighted by atomic mass is 9.90. The average molecular weight is 496 g/mol. The number of pyridine rings is 1. The molecule has 3 aliphatic rings. The van der Waals surface area contributed by atoms with E-state index in [2.05, 4.69) is 24.1 Å². The Hall–Kier alpha value is -2.32. The van der Waals surface area contributed by atoms with E-state index in [1.807, 2.05) is 30.5 Å². The minimum Gasteiger partial charge on any atom is -0.375 e. The first-order chi connectivity index (χ1) is 16.4. The van der Waals surface area contributed by atoms with Gasteiger partial charge in [-0.2, -0.15) is 0 Å². The lowest BCUT2D eigenvalue weighted by Gasteiger charge is -2.31. The lowest BCUT2D eigenvalue weighted by molar-refractivity contribution is -0.141. The summed E-state index contributed by atoms with van der Waals surface area (Å²) in [6.07, 6.45) is 3.41. The molecule has 3 fully saturated rings. The maximum Gasteiger partial charge on any atom is 0.233 e. The van der Waals surface area contributed by atoms with Gasteiger partial charge in [0, 0.05) is 40.7 Å². The maximum absolute atomic E-state index is 12.5. The first-order valence-electron chi connectivity index (χ1n) is 11.8. The first kappa shape index (κ1) is 22.2. The van der Waals surface area contributed by atoms with Crippen molar-refractivity contribution in [2.45, 2.75) is 45.4 Å².